The molecule has 18 heavy (non-hydrogen) atoms. The van der Waals surface area contributed by atoms with E-state index in [4.69, 9.17) is 22.7 Å². The monoisotopic (exact) mass is 268 g/mol. The maximum absolute atomic E-state index is 5.72. The molecule has 0 spiro atoms. The van der Waals surface area contributed by atoms with Crippen LogP contribution in [0, 0.1) is 6.92 Å². The zero-order chi connectivity index (χ0) is 13.7. The molecule has 0 saturated carbocycles. The molecule has 0 bridgehead atoms. The molecule has 5 nitrogen and oxygen atoms in total. The highest BCUT2D eigenvalue weighted by Crippen LogP contribution is 2.19. The Bertz CT molecular complexity index is 425. The van der Waals surface area contributed by atoms with Crippen molar-refractivity contribution in [1.29, 1.82) is 0 Å². The lowest BCUT2D eigenvalue weighted by molar-refractivity contribution is 0.181. The largest absolute Gasteiger partial charge is 0.389 e. The molecule has 0 aliphatic heterocycles. The minimum Gasteiger partial charge on any atom is -0.389 e. The van der Waals surface area contributed by atoms with E-state index in [1.807, 2.05) is 6.92 Å². The highest BCUT2D eigenvalue weighted by molar-refractivity contribution is 7.80. The van der Waals surface area contributed by atoms with Gasteiger partial charge in [0.25, 0.3) is 0 Å². The summed E-state index contributed by atoms with van der Waals surface area (Å²) in [5, 5.41) is 0. The zero-order valence-electron chi connectivity index (χ0n) is 11.3. The van der Waals surface area contributed by atoms with Gasteiger partial charge in [0.15, 0.2) is 0 Å². The van der Waals surface area contributed by atoms with Crippen LogP contribution in [0.25, 0.3) is 0 Å². The van der Waals surface area contributed by atoms with Gasteiger partial charge in [-0.2, -0.15) is 0 Å². The van der Waals surface area contributed by atoms with Crippen LogP contribution in [0.5, 0.6) is 0 Å². The first-order chi connectivity index (χ1) is 8.51. The number of nitrogens with two attached hydrogens (primary N) is 1. The Morgan fingerprint density at radius 3 is 2.78 bits per heavy atom. The van der Waals surface area contributed by atoms with Crippen molar-refractivity contribution in [2.24, 2.45) is 5.73 Å². The molecule has 1 rings (SSSR count). The summed E-state index contributed by atoms with van der Waals surface area (Å²) in [5.41, 5.74) is 6.43. The van der Waals surface area contributed by atoms with Crippen LogP contribution in [0.3, 0.4) is 0 Å². The summed E-state index contributed by atoms with van der Waals surface area (Å²) in [6.07, 6.45) is 1.68. The molecule has 1 atom stereocenters. The second-order valence-electron chi connectivity index (χ2n) is 4.11. The second kappa shape index (κ2) is 6.61. The molecule has 0 fully saturated rings. The molecular weight excluding hydrogens is 248 g/mol. The number of rotatable bonds is 6. The van der Waals surface area contributed by atoms with Gasteiger partial charge in [-0.3, -0.25) is 0 Å². The van der Waals surface area contributed by atoms with Gasteiger partial charge in [-0.1, -0.05) is 12.2 Å². The number of hydrogen-bond acceptors (Lipinski definition) is 5. The summed E-state index contributed by atoms with van der Waals surface area (Å²) in [6.45, 7) is 7.41. The van der Waals surface area contributed by atoms with Crippen LogP contribution in [0.4, 0.5) is 5.82 Å². The Hall–Kier alpha value is -1.27. The first-order valence-electron chi connectivity index (χ1n) is 5.90. The fourth-order valence-corrected chi connectivity index (χ4v) is 2.00. The number of aryl methyl sites for hydroxylation is 1. The third kappa shape index (κ3) is 3.36. The average molecular weight is 268 g/mol. The molecule has 2 N–H and O–H groups in total. The molecule has 6 heteroatoms. The maximum atomic E-state index is 5.72. The Kier molecular flexibility index (Phi) is 5.43. The zero-order valence-corrected chi connectivity index (χ0v) is 12.1. The predicted molar refractivity (Wildman–Crippen MR) is 77.0 cm³/mol. The molecule has 1 aromatic rings. The number of aromatic nitrogens is 2. The van der Waals surface area contributed by atoms with Crippen molar-refractivity contribution in [2.45, 2.75) is 26.8 Å². The van der Waals surface area contributed by atoms with E-state index in [1.165, 1.54) is 0 Å². The van der Waals surface area contributed by atoms with Crippen molar-refractivity contribution >= 4 is 23.0 Å². The van der Waals surface area contributed by atoms with E-state index in [2.05, 4.69) is 28.7 Å². The Balaban J connectivity index is 3.18. The lowest BCUT2D eigenvalue weighted by atomic mass is 10.2. The van der Waals surface area contributed by atoms with E-state index in [0.717, 1.165) is 12.4 Å². The normalized spacial score (nSPS) is 12.2. The fraction of sp³-hybridized carbons (Fsp3) is 0.583. The topological polar surface area (TPSA) is 64.3 Å². The molecule has 1 unspecified atom stereocenters. The molecule has 0 aromatic carbocycles. The number of ether oxygens (including phenoxy) is 1. The number of hydrogen-bond donors (Lipinski definition) is 1. The van der Waals surface area contributed by atoms with E-state index < -0.39 is 0 Å². The third-order valence-electron chi connectivity index (χ3n) is 2.71. The summed E-state index contributed by atoms with van der Waals surface area (Å²) < 4.78 is 5.19. The number of likely N-dealkylation sites (N-methyl/N-ethyl adjacent to an activating group) is 1. The van der Waals surface area contributed by atoms with E-state index >= 15 is 0 Å². The molecule has 1 aromatic heterocycles. The van der Waals surface area contributed by atoms with Crippen molar-refractivity contribution in [3.8, 4) is 0 Å². The Morgan fingerprint density at radius 1 is 1.61 bits per heavy atom. The van der Waals surface area contributed by atoms with E-state index in [0.29, 0.717) is 23.0 Å². The molecule has 0 radical (unpaired) electrons. The molecule has 100 valence electrons. The summed E-state index contributed by atoms with van der Waals surface area (Å²) in [5.74, 6) is 1.48. The van der Waals surface area contributed by atoms with Gasteiger partial charge in [0.2, 0.25) is 0 Å². The minimum atomic E-state index is 0.197. The van der Waals surface area contributed by atoms with Crippen LogP contribution in [0.15, 0.2) is 6.20 Å². The van der Waals surface area contributed by atoms with Crippen LogP contribution in [-0.2, 0) is 4.74 Å². The number of anilines is 1. The van der Waals surface area contributed by atoms with Gasteiger partial charge in [0, 0.05) is 19.9 Å². The predicted octanol–water partition coefficient (Wildman–Crippen LogP) is 1.28. The first-order valence-corrected chi connectivity index (χ1v) is 6.31. The highest BCUT2D eigenvalue weighted by atomic mass is 32.1. The van der Waals surface area contributed by atoms with Gasteiger partial charge < -0.3 is 15.4 Å². The van der Waals surface area contributed by atoms with Crippen LogP contribution in [0.1, 0.15) is 25.2 Å². The van der Waals surface area contributed by atoms with Gasteiger partial charge in [-0.25, -0.2) is 9.97 Å². The minimum absolute atomic E-state index is 0.197. The Labute approximate surface area is 113 Å². The van der Waals surface area contributed by atoms with Crippen LogP contribution >= 0.6 is 12.2 Å². The van der Waals surface area contributed by atoms with Crippen molar-refractivity contribution in [3.05, 3.63) is 17.6 Å². The number of thiocarbonyl (C=S) groups is 1. The molecule has 0 aliphatic carbocycles. The van der Waals surface area contributed by atoms with Crippen molar-refractivity contribution < 1.29 is 4.74 Å². The molecule has 0 saturated heterocycles. The smallest absolute Gasteiger partial charge is 0.142 e. The average Bonchev–Trinajstić information content (AvgIpc) is 2.30. The maximum Gasteiger partial charge on any atom is 0.142 e. The lowest BCUT2D eigenvalue weighted by Gasteiger charge is -2.30. The quantitative estimate of drug-likeness (QED) is 0.784. The van der Waals surface area contributed by atoms with E-state index in [1.54, 1.807) is 13.3 Å². The highest BCUT2D eigenvalue weighted by Gasteiger charge is 2.19. The van der Waals surface area contributed by atoms with Crippen LogP contribution in [0.2, 0.25) is 0 Å². The van der Waals surface area contributed by atoms with Gasteiger partial charge >= 0.3 is 0 Å². The molecular formula is C12H20N4OS. The first kappa shape index (κ1) is 14.8. The van der Waals surface area contributed by atoms with Gasteiger partial charge in [-0.05, 0) is 20.8 Å². The fourth-order valence-electron chi connectivity index (χ4n) is 1.85. The SMILES string of the molecule is CCN(c1nc(C)ncc1C(N)=S)C(C)COC. The standard InChI is InChI=1S/C12H20N4OS/c1-5-16(8(2)7-17-4)12-10(11(13)18)6-14-9(3)15-12/h6,8H,5,7H2,1-4H3,(H2,13,18). The summed E-state index contributed by atoms with van der Waals surface area (Å²) >= 11 is 5.05. The summed E-state index contributed by atoms with van der Waals surface area (Å²) in [7, 11) is 1.68. The lowest BCUT2D eigenvalue weighted by Crippen LogP contribution is -2.38. The molecule has 1 heterocycles. The van der Waals surface area contributed by atoms with Crippen LogP contribution < -0.4 is 10.6 Å². The van der Waals surface area contributed by atoms with E-state index in [-0.39, 0.29) is 6.04 Å². The third-order valence-corrected chi connectivity index (χ3v) is 2.93. The summed E-state index contributed by atoms with van der Waals surface area (Å²) in [4.78, 5) is 11.0. The molecule has 0 amide bonds. The van der Waals surface area contributed by atoms with Gasteiger partial charge in [0.05, 0.1) is 18.2 Å². The van der Waals surface area contributed by atoms with Crippen molar-refractivity contribution in [3.63, 3.8) is 0 Å². The molecule has 0 aliphatic rings. The Morgan fingerprint density at radius 2 is 2.28 bits per heavy atom. The summed E-state index contributed by atoms with van der Waals surface area (Å²) in [6, 6.07) is 0.197. The van der Waals surface area contributed by atoms with Crippen molar-refractivity contribution in [2.75, 3.05) is 25.2 Å². The van der Waals surface area contributed by atoms with Gasteiger partial charge in [-0.15, -0.1) is 0 Å². The number of nitrogens with zero attached hydrogens (tertiary/aromatic N) is 3. The van der Waals surface area contributed by atoms with E-state index in [9.17, 15) is 0 Å². The number of methoxy groups -OCH3 is 1. The van der Waals surface area contributed by atoms with Crippen LogP contribution in [-0.4, -0.2) is 41.3 Å². The van der Waals surface area contributed by atoms with Crippen molar-refractivity contribution in [1.82, 2.24) is 9.97 Å². The second-order valence-corrected chi connectivity index (χ2v) is 4.55. The van der Waals surface area contributed by atoms with Gasteiger partial charge in [0.1, 0.15) is 16.6 Å².